The molecule has 0 radical (unpaired) electrons. The molecule has 3 nitrogen and oxygen atoms in total. The first-order chi connectivity index (χ1) is 8.28. The molecule has 0 amide bonds. The van der Waals surface area contributed by atoms with Crippen LogP contribution >= 0.6 is 11.3 Å². The zero-order valence-corrected chi connectivity index (χ0v) is 11.0. The normalized spacial score (nSPS) is 10.2. The van der Waals surface area contributed by atoms with Gasteiger partial charge in [0.15, 0.2) is 5.13 Å². The van der Waals surface area contributed by atoms with Gasteiger partial charge < -0.3 is 10.6 Å². The lowest BCUT2D eigenvalue weighted by Crippen LogP contribution is -2.05. The van der Waals surface area contributed by atoms with Gasteiger partial charge in [-0.1, -0.05) is 17.7 Å². The number of benzene rings is 1. The molecule has 0 saturated carbocycles. The number of hydrogen-bond donors (Lipinski definition) is 2. The van der Waals surface area contributed by atoms with Gasteiger partial charge in [-0.3, -0.25) is 0 Å². The summed E-state index contributed by atoms with van der Waals surface area (Å²) in [6.45, 7) is 3.01. The molecule has 0 saturated heterocycles. The number of rotatable bonds is 5. The lowest BCUT2D eigenvalue weighted by atomic mass is 10.2. The number of nitrogens with one attached hydrogen (secondary N) is 2. The van der Waals surface area contributed by atoms with Gasteiger partial charge in [0.1, 0.15) is 0 Å². The Morgan fingerprint density at radius 3 is 2.65 bits per heavy atom. The third-order valence-corrected chi connectivity index (χ3v) is 3.44. The highest BCUT2D eigenvalue weighted by molar-refractivity contribution is 7.13. The molecule has 0 aliphatic heterocycles. The van der Waals surface area contributed by atoms with Crippen molar-refractivity contribution in [2.24, 2.45) is 0 Å². The second kappa shape index (κ2) is 5.68. The number of nitrogens with zero attached hydrogens (tertiary/aromatic N) is 1. The van der Waals surface area contributed by atoms with E-state index in [1.807, 2.05) is 7.05 Å². The van der Waals surface area contributed by atoms with Gasteiger partial charge in [0.05, 0.1) is 5.69 Å². The Morgan fingerprint density at radius 1 is 1.24 bits per heavy atom. The molecule has 17 heavy (non-hydrogen) atoms. The van der Waals surface area contributed by atoms with Gasteiger partial charge in [-0.2, -0.15) is 0 Å². The number of aromatic nitrogens is 1. The van der Waals surface area contributed by atoms with Crippen LogP contribution in [-0.4, -0.2) is 18.6 Å². The summed E-state index contributed by atoms with van der Waals surface area (Å²) in [5.74, 6) is 0. The molecule has 90 valence electrons. The number of aryl methyl sites for hydroxylation is 1. The van der Waals surface area contributed by atoms with Crippen molar-refractivity contribution in [3.63, 3.8) is 0 Å². The highest BCUT2D eigenvalue weighted by atomic mass is 32.1. The Bertz CT molecular complexity index is 462. The van der Waals surface area contributed by atoms with Crippen LogP contribution in [0.25, 0.3) is 0 Å². The second-order valence-electron chi connectivity index (χ2n) is 3.94. The van der Waals surface area contributed by atoms with Crippen molar-refractivity contribution in [3.05, 3.63) is 40.9 Å². The maximum absolute atomic E-state index is 4.44. The summed E-state index contributed by atoms with van der Waals surface area (Å²) in [5, 5.41) is 9.52. The summed E-state index contributed by atoms with van der Waals surface area (Å²) < 4.78 is 0. The van der Waals surface area contributed by atoms with Crippen LogP contribution in [0, 0.1) is 6.92 Å². The van der Waals surface area contributed by atoms with Crippen molar-refractivity contribution >= 4 is 22.2 Å². The molecule has 0 aliphatic rings. The minimum absolute atomic E-state index is 0.913. The molecule has 1 heterocycles. The average Bonchev–Trinajstić information content (AvgIpc) is 2.80. The number of hydrogen-bond acceptors (Lipinski definition) is 4. The van der Waals surface area contributed by atoms with Crippen molar-refractivity contribution in [1.82, 2.24) is 4.98 Å². The van der Waals surface area contributed by atoms with Crippen molar-refractivity contribution in [2.75, 3.05) is 24.2 Å². The summed E-state index contributed by atoms with van der Waals surface area (Å²) in [6, 6.07) is 8.44. The Hall–Kier alpha value is -1.55. The van der Waals surface area contributed by atoms with Gasteiger partial charge in [0.2, 0.25) is 0 Å². The Kier molecular flexibility index (Phi) is 3.98. The van der Waals surface area contributed by atoms with E-state index in [2.05, 4.69) is 52.2 Å². The van der Waals surface area contributed by atoms with Crippen LogP contribution in [-0.2, 0) is 6.42 Å². The Balaban J connectivity index is 1.81. The highest BCUT2D eigenvalue weighted by Gasteiger charge is 1.99. The van der Waals surface area contributed by atoms with E-state index in [0.29, 0.717) is 0 Å². The fourth-order valence-corrected chi connectivity index (χ4v) is 2.25. The SMILES string of the molecule is CNc1nc(CCNc2ccc(C)cc2)cs1. The summed E-state index contributed by atoms with van der Waals surface area (Å²) in [5.41, 5.74) is 3.59. The first kappa shape index (κ1) is 11.9. The van der Waals surface area contributed by atoms with E-state index in [0.717, 1.165) is 23.8 Å². The van der Waals surface area contributed by atoms with Crippen LogP contribution in [0.15, 0.2) is 29.6 Å². The monoisotopic (exact) mass is 247 g/mol. The largest absolute Gasteiger partial charge is 0.385 e. The van der Waals surface area contributed by atoms with E-state index < -0.39 is 0 Å². The molecule has 0 fully saturated rings. The minimum atomic E-state index is 0.913. The number of anilines is 2. The predicted molar refractivity (Wildman–Crippen MR) is 75.0 cm³/mol. The van der Waals surface area contributed by atoms with Crippen LogP contribution in [0.3, 0.4) is 0 Å². The fourth-order valence-electron chi connectivity index (χ4n) is 1.54. The molecule has 0 aliphatic carbocycles. The maximum atomic E-state index is 4.44. The summed E-state index contributed by atoms with van der Waals surface area (Å²) >= 11 is 1.65. The Labute approximate surface area is 106 Å². The molecule has 0 bridgehead atoms. The smallest absolute Gasteiger partial charge is 0.182 e. The predicted octanol–water partition coefficient (Wildman–Crippen LogP) is 3.15. The van der Waals surface area contributed by atoms with Gasteiger partial charge in [-0.25, -0.2) is 4.98 Å². The molecule has 0 atom stereocenters. The van der Waals surface area contributed by atoms with Crippen LogP contribution in [0.2, 0.25) is 0 Å². The molecule has 0 spiro atoms. The molecular formula is C13H17N3S. The van der Waals surface area contributed by atoms with Crippen LogP contribution < -0.4 is 10.6 Å². The third kappa shape index (κ3) is 3.46. The van der Waals surface area contributed by atoms with E-state index in [1.165, 1.54) is 11.3 Å². The molecule has 2 N–H and O–H groups in total. The molecule has 2 rings (SSSR count). The molecule has 0 unspecified atom stereocenters. The summed E-state index contributed by atoms with van der Waals surface area (Å²) in [4.78, 5) is 4.44. The van der Waals surface area contributed by atoms with E-state index in [9.17, 15) is 0 Å². The fraction of sp³-hybridized carbons (Fsp3) is 0.308. The van der Waals surface area contributed by atoms with Gasteiger partial charge in [0, 0.05) is 31.1 Å². The average molecular weight is 247 g/mol. The molecule has 4 heteroatoms. The van der Waals surface area contributed by atoms with Gasteiger partial charge >= 0.3 is 0 Å². The van der Waals surface area contributed by atoms with Gasteiger partial charge in [-0.15, -0.1) is 11.3 Å². The third-order valence-electron chi connectivity index (χ3n) is 2.53. The highest BCUT2D eigenvalue weighted by Crippen LogP contribution is 2.15. The standard InChI is InChI=1S/C13H17N3S/c1-10-3-5-11(6-4-10)15-8-7-12-9-17-13(14-2)16-12/h3-6,9,15H,7-8H2,1-2H3,(H,14,16). The van der Waals surface area contributed by atoms with Crippen LogP contribution in [0.1, 0.15) is 11.3 Å². The second-order valence-corrected chi connectivity index (χ2v) is 4.79. The minimum Gasteiger partial charge on any atom is -0.385 e. The topological polar surface area (TPSA) is 37.0 Å². The van der Waals surface area contributed by atoms with E-state index in [4.69, 9.17) is 0 Å². The molecule has 1 aromatic heterocycles. The van der Waals surface area contributed by atoms with Crippen molar-refractivity contribution in [1.29, 1.82) is 0 Å². The quantitative estimate of drug-likeness (QED) is 0.852. The zero-order valence-electron chi connectivity index (χ0n) is 10.2. The van der Waals surface area contributed by atoms with Gasteiger partial charge in [0.25, 0.3) is 0 Å². The summed E-state index contributed by atoms with van der Waals surface area (Å²) in [6.07, 6.45) is 0.950. The Morgan fingerprint density at radius 2 is 2.00 bits per heavy atom. The van der Waals surface area contributed by atoms with E-state index in [-0.39, 0.29) is 0 Å². The van der Waals surface area contributed by atoms with Crippen LogP contribution in [0.4, 0.5) is 10.8 Å². The number of thiazole rings is 1. The van der Waals surface area contributed by atoms with Crippen molar-refractivity contribution in [3.8, 4) is 0 Å². The first-order valence-electron chi connectivity index (χ1n) is 5.70. The van der Waals surface area contributed by atoms with E-state index in [1.54, 1.807) is 11.3 Å². The summed E-state index contributed by atoms with van der Waals surface area (Å²) in [7, 11) is 1.90. The van der Waals surface area contributed by atoms with Crippen molar-refractivity contribution in [2.45, 2.75) is 13.3 Å². The van der Waals surface area contributed by atoms with Gasteiger partial charge in [-0.05, 0) is 19.1 Å². The lowest BCUT2D eigenvalue weighted by molar-refractivity contribution is 0.977. The maximum Gasteiger partial charge on any atom is 0.182 e. The van der Waals surface area contributed by atoms with Crippen molar-refractivity contribution < 1.29 is 0 Å². The molecule has 2 aromatic rings. The van der Waals surface area contributed by atoms with Crippen LogP contribution in [0.5, 0.6) is 0 Å². The molecule has 1 aromatic carbocycles. The van der Waals surface area contributed by atoms with E-state index >= 15 is 0 Å². The lowest BCUT2D eigenvalue weighted by Gasteiger charge is -2.05. The molecular weight excluding hydrogens is 230 g/mol. The zero-order chi connectivity index (χ0) is 12.1. The first-order valence-corrected chi connectivity index (χ1v) is 6.58.